The van der Waals surface area contributed by atoms with E-state index in [1.807, 2.05) is 19.9 Å². The normalized spacial score (nSPS) is 12.8. The highest BCUT2D eigenvalue weighted by Crippen LogP contribution is 2.29. The van der Waals surface area contributed by atoms with Crippen LogP contribution in [0.1, 0.15) is 39.2 Å². The van der Waals surface area contributed by atoms with Gasteiger partial charge in [0.2, 0.25) is 0 Å². The molecule has 0 saturated carbocycles. The largest absolute Gasteiger partial charge is 0.223 e. The van der Waals surface area contributed by atoms with Gasteiger partial charge in [0.1, 0.15) is 0 Å². The molecule has 0 aliphatic rings. The molecule has 1 aromatic carbocycles. The van der Waals surface area contributed by atoms with Crippen molar-refractivity contribution in [2.75, 3.05) is 0 Å². The molecule has 1 rings (SSSR count). The van der Waals surface area contributed by atoms with Crippen molar-refractivity contribution in [3.8, 4) is 0 Å². The summed E-state index contributed by atoms with van der Waals surface area (Å²) in [5.41, 5.74) is 0.980. The van der Waals surface area contributed by atoms with Crippen LogP contribution in [-0.2, 0) is 9.84 Å². The second kappa shape index (κ2) is 4.58. The Morgan fingerprint density at radius 2 is 1.88 bits per heavy atom. The lowest BCUT2D eigenvalue weighted by Crippen LogP contribution is -2.31. The molecule has 0 N–H and O–H groups in total. The molecular weight excluding hydrogens is 220 g/mol. The van der Waals surface area contributed by atoms with E-state index in [-0.39, 0.29) is 0 Å². The van der Waals surface area contributed by atoms with E-state index in [0.29, 0.717) is 11.3 Å². The van der Waals surface area contributed by atoms with Crippen LogP contribution in [0.2, 0.25) is 0 Å². The van der Waals surface area contributed by atoms with Gasteiger partial charge in [0.25, 0.3) is 0 Å². The first-order chi connectivity index (χ1) is 7.31. The lowest BCUT2D eigenvalue weighted by atomic mass is 10.1. The number of hydrogen-bond donors (Lipinski definition) is 0. The lowest BCUT2D eigenvalue weighted by molar-refractivity contribution is 0.523. The third kappa shape index (κ3) is 2.46. The van der Waals surface area contributed by atoms with E-state index >= 15 is 0 Å². The number of rotatable bonds is 4. The van der Waals surface area contributed by atoms with Crippen molar-refractivity contribution in [3.05, 3.63) is 29.8 Å². The summed E-state index contributed by atoms with van der Waals surface area (Å²) in [4.78, 5) is 0.436. The molecular formula is C13H20O2S. The molecule has 0 heterocycles. The average Bonchev–Trinajstić information content (AvgIpc) is 2.17. The predicted molar refractivity (Wildman–Crippen MR) is 67.4 cm³/mol. The molecule has 16 heavy (non-hydrogen) atoms. The predicted octanol–water partition coefficient (Wildman–Crippen LogP) is 3.35. The lowest BCUT2D eigenvalue weighted by Gasteiger charge is -2.24. The molecule has 2 nitrogen and oxygen atoms in total. The highest BCUT2D eigenvalue weighted by molar-refractivity contribution is 7.92. The van der Waals surface area contributed by atoms with E-state index in [0.717, 1.165) is 12.0 Å². The molecule has 90 valence electrons. The minimum atomic E-state index is -3.22. The van der Waals surface area contributed by atoms with E-state index < -0.39 is 14.6 Å². The Morgan fingerprint density at radius 1 is 1.25 bits per heavy atom. The van der Waals surface area contributed by atoms with E-state index in [1.54, 1.807) is 32.0 Å². The van der Waals surface area contributed by atoms with Gasteiger partial charge in [0.15, 0.2) is 9.84 Å². The maximum Gasteiger partial charge on any atom is 0.183 e. The minimum absolute atomic E-state index is 0.436. The zero-order valence-electron chi connectivity index (χ0n) is 10.4. The van der Waals surface area contributed by atoms with Gasteiger partial charge >= 0.3 is 0 Å². The van der Waals surface area contributed by atoms with Gasteiger partial charge in [-0.25, -0.2) is 8.42 Å². The molecule has 0 aliphatic carbocycles. The number of hydrogen-bond acceptors (Lipinski definition) is 2. The second-order valence-corrected chi connectivity index (χ2v) is 7.41. The SMILES string of the molecule is CCCC(C)(C)S(=O)(=O)c1cccc(C)c1. The van der Waals surface area contributed by atoms with Crippen LogP contribution in [0.25, 0.3) is 0 Å². The van der Waals surface area contributed by atoms with Crippen molar-refractivity contribution in [2.45, 2.75) is 50.2 Å². The third-order valence-electron chi connectivity index (χ3n) is 2.88. The summed E-state index contributed by atoms with van der Waals surface area (Å²) in [6.07, 6.45) is 1.56. The third-order valence-corrected chi connectivity index (χ3v) is 5.41. The first kappa shape index (κ1) is 13.2. The van der Waals surface area contributed by atoms with Crippen molar-refractivity contribution < 1.29 is 8.42 Å². The summed E-state index contributed by atoms with van der Waals surface area (Å²) in [7, 11) is -3.22. The van der Waals surface area contributed by atoms with Gasteiger partial charge < -0.3 is 0 Å². The number of benzene rings is 1. The summed E-state index contributed by atoms with van der Waals surface area (Å²) < 4.78 is 24.1. The number of aryl methyl sites for hydroxylation is 1. The highest BCUT2D eigenvalue weighted by atomic mass is 32.2. The van der Waals surface area contributed by atoms with Crippen molar-refractivity contribution in [3.63, 3.8) is 0 Å². The Labute approximate surface area is 98.6 Å². The monoisotopic (exact) mass is 240 g/mol. The van der Waals surface area contributed by atoms with Gasteiger partial charge in [0, 0.05) is 0 Å². The van der Waals surface area contributed by atoms with Crippen LogP contribution in [0.4, 0.5) is 0 Å². The van der Waals surface area contributed by atoms with E-state index in [4.69, 9.17) is 0 Å². The quantitative estimate of drug-likeness (QED) is 0.808. The van der Waals surface area contributed by atoms with Crippen molar-refractivity contribution in [2.24, 2.45) is 0 Å². The van der Waals surface area contributed by atoms with E-state index in [9.17, 15) is 8.42 Å². The van der Waals surface area contributed by atoms with Crippen LogP contribution < -0.4 is 0 Å². The molecule has 0 saturated heterocycles. The van der Waals surface area contributed by atoms with Crippen molar-refractivity contribution in [1.29, 1.82) is 0 Å². The van der Waals surface area contributed by atoms with Gasteiger partial charge in [-0.2, -0.15) is 0 Å². The molecule has 3 heteroatoms. The van der Waals surface area contributed by atoms with Crippen LogP contribution in [0.15, 0.2) is 29.2 Å². The van der Waals surface area contributed by atoms with Crippen molar-refractivity contribution >= 4 is 9.84 Å². The second-order valence-electron chi connectivity index (χ2n) is 4.83. The molecule has 0 atom stereocenters. The standard InChI is InChI=1S/C13H20O2S/c1-5-9-13(3,4)16(14,15)12-8-6-7-11(2)10-12/h6-8,10H,5,9H2,1-4H3. The Kier molecular flexibility index (Phi) is 3.79. The summed E-state index contributed by atoms with van der Waals surface area (Å²) >= 11 is 0. The average molecular weight is 240 g/mol. The van der Waals surface area contributed by atoms with Crippen LogP contribution in [0.3, 0.4) is 0 Å². The summed E-state index contributed by atoms with van der Waals surface area (Å²) in [6.45, 7) is 7.52. The van der Waals surface area contributed by atoms with E-state index in [1.165, 1.54) is 0 Å². The molecule has 0 aliphatic heterocycles. The summed E-state index contributed by atoms with van der Waals surface area (Å²) in [5.74, 6) is 0. The molecule has 0 radical (unpaired) electrons. The first-order valence-corrected chi connectivity index (χ1v) is 7.11. The Balaban J connectivity index is 3.21. The fraction of sp³-hybridized carbons (Fsp3) is 0.538. The molecule has 1 aromatic rings. The molecule has 0 unspecified atom stereocenters. The van der Waals surface area contributed by atoms with Crippen LogP contribution in [0.5, 0.6) is 0 Å². The van der Waals surface area contributed by atoms with E-state index in [2.05, 4.69) is 0 Å². The highest BCUT2D eigenvalue weighted by Gasteiger charge is 2.34. The molecule has 0 bridgehead atoms. The topological polar surface area (TPSA) is 34.1 Å². The van der Waals surface area contributed by atoms with Gasteiger partial charge in [-0.1, -0.05) is 25.5 Å². The fourth-order valence-corrected chi connectivity index (χ4v) is 3.55. The molecule has 0 amide bonds. The molecule has 0 spiro atoms. The maximum atomic E-state index is 12.4. The Morgan fingerprint density at radius 3 is 2.38 bits per heavy atom. The first-order valence-electron chi connectivity index (χ1n) is 5.62. The van der Waals surface area contributed by atoms with Crippen LogP contribution >= 0.6 is 0 Å². The van der Waals surface area contributed by atoms with Gasteiger partial charge in [-0.3, -0.25) is 0 Å². The molecule has 0 fully saturated rings. The van der Waals surface area contributed by atoms with Gasteiger partial charge in [0.05, 0.1) is 9.64 Å². The zero-order chi connectivity index (χ0) is 12.4. The number of sulfone groups is 1. The fourth-order valence-electron chi connectivity index (χ4n) is 1.84. The van der Waals surface area contributed by atoms with Crippen molar-refractivity contribution in [1.82, 2.24) is 0 Å². The summed E-state index contributed by atoms with van der Waals surface area (Å²) in [5, 5.41) is 0. The summed E-state index contributed by atoms with van der Waals surface area (Å²) in [6, 6.07) is 7.13. The Bertz CT molecular complexity index is 459. The zero-order valence-corrected chi connectivity index (χ0v) is 11.3. The maximum absolute atomic E-state index is 12.4. The smallest absolute Gasteiger partial charge is 0.183 e. The minimum Gasteiger partial charge on any atom is -0.223 e. The van der Waals surface area contributed by atoms with Crippen LogP contribution in [-0.4, -0.2) is 13.2 Å². The van der Waals surface area contributed by atoms with Gasteiger partial charge in [-0.05, 0) is 44.9 Å². The van der Waals surface area contributed by atoms with Crippen LogP contribution in [0, 0.1) is 6.92 Å². The van der Waals surface area contributed by atoms with Gasteiger partial charge in [-0.15, -0.1) is 0 Å². The Hall–Kier alpha value is -0.830. The molecule has 0 aromatic heterocycles.